The van der Waals surface area contributed by atoms with E-state index in [1.54, 1.807) is 24.2 Å². The number of carbonyl (C=O) groups is 2. The summed E-state index contributed by atoms with van der Waals surface area (Å²) in [4.78, 5) is 29.8. The van der Waals surface area contributed by atoms with E-state index in [9.17, 15) is 9.59 Å². The molecule has 0 saturated carbocycles. The third kappa shape index (κ3) is 2.63. The molecule has 0 aromatic carbocycles. The van der Waals surface area contributed by atoms with Gasteiger partial charge in [0.1, 0.15) is 5.54 Å². The quantitative estimate of drug-likeness (QED) is 0.915. The Morgan fingerprint density at radius 3 is 2.84 bits per heavy atom. The average Bonchev–Trinajstić information content (AvgIpc) is 2.39. The number of carbonyl (C=O) groups excluding carboxylic acids is 2. The smallest absolute Gasteiger partial charge is 0.246 e. The molecule has 19 heavy (non-hydrogen) atoms. The molecule has 6 heteroatoms. The van der Waals surface area contributed by atoms with E-state index in [-0.39, 0.29) is 18.4 Å². The molecule has 0 bridgehead atoms. The lowest BCUT2D eigenvalue weighted by atomic mass is 9.92. The summed E-state index contributed by atoms with van der Waals surface area (Å²) in [7, 11) is 0. The van der Waals surface area contributed by atoms with Gasteiger partial charge in [-0.15, -0.1) is 0 Å². The molecule has 1 unspecified atom stereocenters. The number of aromatic nitrogens is 1. The number of nitrogens with zero attached hydrogens (tertiary/aromatic N) is 2. The van der Waals surface area contributed by atoms with Crippen LogP contribution in [0.15, 0.2) is 22.9 Å². The fraction of sp³-hybridized carbons (Fsp3) is 0.462. The third-order valence-electron chi connectivity index (χ3n) is 3.58. The minimum absolute atomic E-state index is 0.0653. The molecule has 1 aliphatic rings. The predicted molar refractivity (Wildman–Crippen MR) is 74.2 cm³/mol. The normalized spacial score (nSPS) is 23.4. The second-order valence-corrected chi connectivity index (χ2v) is 5.72. The second kappa shape index (κ2) is 5.28. The van der Waals surface area contributed by atoms with Crippen molar-refractivity contribution in [3.63, 3.8) is 0 Å². The highest BCUT2D eigenvalue weighted by Gasteiger charge is 2.43. The van der Waals surface area contributed by atoms with E-state index < -0.39 is 5.54 Å². The fourth-order valence-electron chi connectivity index (χ4n) is 2.18. The van der Waals surface area contributed by atoms with Gasteiger partial charge >= 0.3 is 0 Å². The Balaban J connectivity index is 2.29. The van der Waals surface area contributed by atoms with Gasteiger partial charge < -0.3 is 10.2 Å². The number of amides is 2. The van der Waals surface area contributed by atoms with Crippen molar-refractivity contribution in [1.82, 2.24) is 15.2 Å². The maximum absolute atomic E-state index is 12.1. The number of hydrogen-bond acceptors (Lipinski definition) is 3. The van der Waals surface area contributed by atoms with E-state index in [1.165, 1.54) is 0 Å². The van der Waals surface area contributed by atoms with Crippen LogP contribution in [0.4, 0.5) is 0 Å². The first-order valence-corrected chi connectivity index (χ1v) is 6.95. The van der Waals surface area contributed by atoms with Gasteiger partial charge in [0.25, 0.3) is 0 Å². The molecule has 2 amide bonds. The molecule has 2 rings (SSSR count). The molecule has 0 radical (unpaired) electrons. The van der Waals surface area contributed by atoms with Crippen molar-refractivity contribution in [3.8, 4) is 0 Å². The summed E-state index contributed by atoms with van der Waals surface area (Å²) >= 11 is 3.35. The first-order valence-electron chi connectivity index (χ1n) is 6.15. The summed E-state index contributed by atoms with van der Waals surface area (Å²) in [5, 5.41) is 2.65. The van der Waals surface area contributed by atoms with Crippen LogP contribution in [-0.2, 0) is 16.1 Å². The molecule has 102 valence electrons. The molecule has 1 atom stereocenters. The molecule has 1 fully saturated rings. The zero-order valence-corrected chi connectivity index (χ0v) is 12.5. The van der Waals surface area contributed by atoms with Gasteiger partial charge in [0.2, 0.25) is 11.8 Å². The number of nitrogens with one attached hydrogen (secondary N) is 1. The van der Waals surface area contributed by atoms with Crippen molar-refractivity contribution in [3.05, 3.63) is 28.5 Å². The van der Waals surface area contributed by atoms with E-state index in [1.807, 2.05) is 13.0 Å². The Labute approximate surface area is 120 Å². The third-order valence-corrected chi connectivity index (χ3v) is 4.01. The van der Waals surface area contributed by atoms with E-state index in [4.69, 9.17) is 0 Å². The molecule has 0 spiro atoms. The predicted octanol–water partition coefficient (Wildman–Crippen LogP) is 1.47. The van der Waals surface area contributed by atoms with Crippen LogP contribution in [-0.4, -0.2) is 33.8 Å². The zero-order valence-electron chi connectivity index (χ0n) is 10.9. The number of pyridine rings is 1. The Hall–Kier alpha value is -1.43. The summed E-state index contributed by atoms with van der Waals surface area (Å²) in [6.45, 7) is 4.16. The van der Waals surface area contributed by atoms with Crippen molar-refractivity contribution in [1.29, 1.82) is 0 Å². The number of piperazine rings is 1. The van der Waals surface area contributed by atoms with E-state index in [0.29, 0.717) is 13.0 Å². The first-order chi connectivity index (χ1) is 8.97. The number of hydrogen-bond donors (Lipinski definition) is 1. The Morgan fingerprint density at radius 1 is 1.47 bits per heavy atom. The largest absolute Gasteiger partial charge is 0.345 e. The van der Waals surface area contributed by atoms with Gasteiger partial charge in [0, 0.05) is 23.4 Å². The molecule has 0 aliphatic carbocycles. The van der Waals surface area contributed by atoms with E-state index >= 15 is 0 Å². The van der Waals surface area contributed by atoms with Gasteiger partial charge in [-0.05, 0) is 40.9 Å². The van der Waals surface area contributed by atoms with Gasteiger partial charge in [-0.25, -0.2) is 0 Å². The van der Waals surface area contributed by atoms with E-state index in [0.717, 1.165) is 10.0 Å². The van der Waals surface area contributed by atoms with Crippen molar-refractivity contribution in [2.75, 3.05) is 6.54 Å². The maximum Gasteiger partial charge on any atom is 0.246 e. The van der Waals surface area contributed by atoms with Gasteiger partial charge in [0.05, 0.1) is 6.54 Å². The van der Waals surface area contributed by atoms with Crippen LogP contribution in [0.25, 0.3) is 0 Å². The molecule has 1 aliphatic heterocycles. The summed E-state index contributed by atoms with van der Waals surface area (Å²) in [5.41, 5.74) is 0.106. The van der Waals surface area contributed by atoms with Crippen LogP contribution in [0, 0.1) is 0 Å². The van der Waals surface area contributed by atoms with Crippen LogP contribution in [0.2, 0.25) is 0 Å². The molecule has 1 aromatic heterocycles. The second-order valence-electron chi connectivity index (χ2n) is 4.80. The topological polar surface area (TPSA) is 62.3 Å². The number of halogens is 1. The maximum atomic E-state index is 12.1. The summed E-state index contributed by atoms with van der Waals surface area (Å²) in [6, 6.07) is 1.91. The molecular formula is C13H16BrN3O2. The van der Waals surface area contributed by atoms with Crippen molar-refractivity contribution in [2.24, 2.45) is 0 Å². The lowest BCUT2D eigenvalue weighted by Gasteiger charge is -2.43. The average molecular weight is 326 g/mol. The SMILES string of the molecule is CCC1(C)C(=O)NCC(=O)N1Cc1cncc(Br)c1. The number of rotatable bonds is 3. The highest BCUT2D eigenvalue weighted by molar-refractivity contribution is 9.10. The van der Waals surface area contributed by atoms with Gasteiger partial charge in [-0.2, -0.15) is 0 Å². The van der Waals surface area contributed by atoms with Crippen molar-refractivity contribution >= 4 is 27.7 Å². The zero-order chi connectivity index (χ0) is 14.0. The molecule has 2 heterocycles. The standard InChI is InChI=1S/C13H16BrN3O2/c1-3-13(2)12(19)16-7-11(18)17(13)8-9-4-10(14)6-15-5-9/h4-6H,3,7-8H2,1-2H3,(H,16,19). The summed E-state index contributed by atoms with van der Waals surface area (Å²) in [6.07, 6.45) is 3.97. The fourth-order valence-corrected chi connectivity index (χ4v) is 2.59. The van der Waals surface area contributed by atoms with Crippen LogP contribution < -0.4 is 5.32 Å². The van der Waals surface area contributed by atoms with Crippen molar-refractivity contribution < 1.29 is 9.59 Å². The lowest BCUT2D eigenvalue weighted by Crippen LogP contribution is -2.65. The van der Waals surface area contributed by atoms with Gasteiger partial charge in [-0.3, -0.25) is 14.6 Å². The molecule has 1 aromatic rings. The van der Waals surface area contributed by atoms with Crippen molar-refractivity contribution in [2.45, 2.75) is 32.4 Å². The monoisotopic (exact) mass is 325 g/mol. The molecule has 1 N–H and O–H groups in total. The summed E-state index contributed by atoms with van der Waals surface area (Å²) in [5.74, 6) is -0.165. The highest BCUT2D eigenvalue weighted by atomic mass is 79.9. The Kier molecular flexibility index (Phi) is 3.89. The molecular weight excluding hydrogens is 310 g/mol. The van der Waals surface area contributed by atoms with E-state index in [2.05, 4.69) is 26.2 Å². The minimum Gasteiger partial charge on any atom is -0.345 e. The minimum atomic E-state index is -0.794. The lowest BCUT2D eigenvalue weighted by molar-refractivity contribution is -0.153. The Bertz CT molecular complexity index is 520. The van der Waals surface area contributed by atoms with Gasteiger partial charge in [-0.1, -0.05) is 6.92 Å². The summed E-state index contributed by atoms with van der Waals surface area (Å²) < 4.78 is 0.858. The van der Waals surface area contributed by atoms with Crippen LogP contribution in [0.5, 0.6) is 0 Å². The Morgan fingerprint density at radius 2 is 2.21 bits per heavy atom. The molecule has 5 nitrogen and oxygen atoms in total. The van der Waals surface area contributed by atoms with Crippen LogP contribution in [0.3, 0.4) is 0 Å². The van der Waals surface area contributed by atoms with Gasteiger partial charge in [0.15, 0.2) is 0 Å². The van der Waals surface area contributed by atoms with Crippen LogP contribution >= 0.6 is 15.9 Å². The highest BCUT2D eigenvalue weighted by Crippen LogP contribution is 2.25. The molecule has 1 saturated heterocycles. The first kappa shape index (κ1) is 14.0. The van der Waals surface area contributed by atoms with Crippen LogP contribution in [0.1, 0.15) is 25.8 Å².